The summed E-state index contributed by atoms with van der Waals surface area (Å²) in [5.41, 5.74) is -0.547. The number of hydrogen-bond donors (Lipinski definition) is 2. The number of likely N-dealkylation sites (tertiary alicyclic amines) is 1. The van der Waals surface area contributed by atoms with Crippen molar-refractivity contribution in [2.45, 2.75) is 32.4 Å². The summed E-state index contributed by atoms with van der Waals surface area (Å²) in [5, 5.41) is 13.6. The molecule has 0 aromatic carbocycles. The average Bonchev–Trinajstić information content (AvgIpc) is 2.24. The van der Waals surface area contributed by atoms with Gasteiger partial charge >= 0.3 is 0 Å². The molecule has 1 unspecified atom stereocenters. The summed E-state index contributed by atoms with van der Waals surface area (Å²) < 4.78 is 0. The molecule has 0 amide bonds. The van der Waals surface area contributed by atoms with Gasteiger partial charge < -0.3 is 10.4 Å². The maximum atomic E-state index is 10.3. The second kappa shape index (κ2) is 5.22. The maximum absolute atomic E-state index is 10.3. The molecule has 2 aliphatic rings. The van der Waals surface area contributed by atoms with E-state index in [4.69, 9.17) is 0 Å². The number of β-amino-alcohol motifs (C(OH)–C–C–N with tert-alkyl or cyclic N) is 1. The molecule has 0 spiro atoms. The van der Waals surface area contributed by atoms with Crippen LogP contribution in [0.2, 0.25) is 0 Å². The smallest absolute Gasteiger partial charge is 0.0768 e. The van der Waals surface area contributed by atoms with Gasteiger partial charge in [-0.2, -0.15) is 0 Å². The Hall–Kier alpha value is -0.160. The van der Waals surface area contributed by atoms with Crippen LogP contribution in [0.3, 0.4) is 0 Å². The van der Waals surface area contributed by atoms with E-state index in [1.165, 1.54) is 13.1 Å². The molecule has 4 nitrogen and oxygen atoms in total. The van der Waals surface area contributed by atoms with Crippen molar-refractivity contribution in [1.82, 2.24) is 15.1 Å². The van der Waals surface area contributed by atoms with E-state index in [-0.39, 0.29) is 0 Å². The fraction of sp³-hybridized carbons (Fsp3) is 1.00. The lowest BCUT2D eigenvalue weighted by atomic mass is 9.90. The summed E-state index contributed by atoms with van der Waals surface area (Å²) in [6.45, 7) is 13.8. The minimum absolute atomic E-state index is 0.320. The van der Waals surface area contributed by atoms with Crippen LogP contribution >= 0.6 is 0 Å². The minimum atomic E-state index is -0.547. The molecule has 2 heterocycles. The molecular weight excluding hydrogens is 214 g/mol. The highest BCUT2D eigenvalue weighted by Gasteiger charge is 2.36. The van der Waals surface area contributed by atoms with Gasteiger partial charge in [-0.3, -0.25) is 9.80 Å². The monoisotopic (exact) mass is 241 g/mol. The molecule has 17 heavy (non-hydrogen) atoms. The zero-order valence-corrected chi connectivity index (χ0v) is 11.4. The van der Waals surface area contributed by atoms with E-state index < -0.39 is 5.60 Å². The number of rotatable bonds is 4. The van der Waals surface area contributed by atoms with Crippen molar-refractivity contribution < 1.29 is 5.11 Å². The molecule has 100 valence electrons. The van der Waals surface area contributed by atoms with Gasteiger partial charge in [0, 0.05) is 51.9 Å². The highest BCUT2D eigenvalue weighted by molar-refractivity contribution is 4.93. The normalized spacial score (nSPS) is 28.1. The number of hydrogen-bond acceptors (Lipinski definition) is 4. The van der Waals surface area contributed by atoms with Crippen LogP contribution < -0.4 is 5.32 Å². The van der Waals surface area contributed by atoms with Crippen molar-refractivity contribution >= 4 is 0 Å². The highest BCUT2D eigenvalue weighted by atomic mass is 16.3. The largest absolute Gasteiger partial charge is 0.389 e. The number of nitrogens with zero attached hydrogens (tertiary/aromatic N) is 2. The molecule has 0 aromatic rings. The Kier molecular flexibility index (Phi) is 4.08. The van der Waals surface area contributed by atoms with E-state index in [0.717, 1.165) is 38.8 Å². The van der Waals surface area contributed by atoms with Crippen LogP contribution in [0, 0.1) is 5.92 Å². The third-order valence-electron chi connectivity index (χ3n) is 4.39. The van der Waals surface area contributed by atoms with Crippen LogP contribution in [0.15, 0.2) is 0 Å². The highest BCUT2D eigenvalue weighted by Crippen LogP contribution is 2.22. The van der Waals surface area contributed by atoms with E-state index in [1.807, 2.05) is 6.92 Å². The molecule has 0 aliphatic carbocycles. The lowest BCUT2D eigenvalue weighted by molar-refractivity contribution is -0.0598. The van der Waals surface area contributed by atoms with Crippen molar-refractivity contribution in [1.29, 1.82) is 0 Å². The van der Waals surface area contributed by atoms with Gasteiger partial charge in [-0.15, -0.1) is 0 Å². The Morgan fingerprint density at radius 1 is 1.29 bits per heavy atom. The molecule has 2 N–H and O–H groups in total. The molecule has 0 aromatic heterocycles. The first-order chi connectivity index (χ1) is 7.99. The molecular formula is C13H27N3O. The number of aliphatic hydroxyl groups is 1. The molecule has 0 radical (unpaired) electrons. The predicted molar refractivity (Wildman–Crippen MR) is 70.1 cm³/mol. The van der Waals surface area contributed by atoms with Gasteiger partial charge in [0.15, 0.2) is 0 Å². The van der Waals surface area contributed by atoms with Gasteiger partial charge in [0.25, 0.3) is 0 Å². The molecule has 4 heteroatoms. The molecule has 0 bridgehead atoms. The van der Waals surface area contributed by atoms with Crippen molar-refractivity contribution in [3.63, 3.8) is 0 Å². The van der Waals surface area contributed by atoms with Crippen LogP contribution in [0.25, 0.3) is 0 Å². The summed E-state index contributed by atoms with van der Waals surface area (Å²) in [7, 11) is 0. The molecule has 0 saturated carbocycles. The Morgan fingerprint density at radius 2 is 1.88 bits per heavy atom. The van der Waals surface area contributed by atoms with Gasteiger partial charge in [-0.25, -0.2) is 0 Å². The van der Waals surface area contributed by atoms with Crippen LogP contribution in [0.4, 0.5) is 0 Å². The van der Waals surface area contributed by atoms with Gasteiger partial charge in [0.1, 0.15) is 0 Å². The fourth-order valence-electron chi connectivity index (χ4n) is 2.59. The summed E-state index contributed by atoms with van der Waals surface area (Å²) >= 11 is 0. The van der Waals surface area contributed by atoms with Crippen LogP contribution in [-0.4, -0.2) is 72.4 Å². The first-order valence-electron chi connectivity index (χ1n) is 6.88. The minimum Gasteiger partial charge on any atom is -0.389 e. The first kappa shape index (κ1) is 13.3. The molecule has 2 saturated heterocycles. The van der Waals surface area contributed by atoms with Gasteiger partial charge in [0.2, 0.25) is 0 Å². The van der Waals surface area contributed by atoms with Crippen molar-refractivity contribution in [2.24, 2.45) is 5.92 Å². The van der Waals surface area contributed by atoms with E-state index in [2.05, 4.69) is 29.0 Å². The Balaban J connectivity index is 1.71. The van der Waals surface area contributed by atoms with Gasteiger partial charge in [-0.05, 0) is 12.8 Å². The van der Waals surface area contributed by atoms with E-state index in [9.17, 15) is 5.11 Å². The summed E-state index contributed by atoms with van der Waals surface area (Å²) in [4.78, 5) is 4.96. The topological polar surface area (TPSA) is 38.7 Å². The SMILES string of the molecule is CC(C)C(C)(O)CN1CC(N2CCNCC2)C1. The Morgan fingerprint density at radius 3 is 2.41 bits per heavy atom. The maximum Gasteiger partial charge on any atom is 0.0768 e. The summed E-state index contributed by atoms with van der Waals surface area (Å²) in [6.07, 6.45) is 0. The lowest BCUT2D eigenvalue weighted by Crippen LogP contribution is -2.64. The van der Waals surface area contributed by atoms with Crippen molar-refractivity contribution in [3.8, 4) is 0 Å². The fourth-order valence-corrected chi connectivity index (χ4v) is 2.59. The number of nitrogens with one attached hydrogen (secondary N) is 1. The van der Waals surface area contributed by atoms with Crippen LogP contribution in [0.1, 0.15) is 20.8 Å². The Labute approximate surface area is 105 Å². The standard InChI is InChI=1S/C13H27N3O/c1-11(2)13(3,17)10-15-8-12(9-15)16-6-4-14-5-7-16/h11-12,14,17H,4-10H2,1-3H3. The predicted octanol–water partition coefficient (Wildman–Crippen LogP) is -0.0172. The van der Waals surface area contributed by atoms with Gasteiger partial charge in [-0.1, -0.05) is 13.8 Å². The number of piperazine rings is 1. The molecule has 2 aliphatic heterocycles. The zero-order chi connectivity index (χ0) is 12.5. The van der Waals surface area contributed by atoms with Crippen LogP contribution in [-0.2, 0) is 0 Å². The van der Waals surface area contributed by atoms with Crippen molar-refractivity contribution in [2.75, 3.05) is 45.8 Å². The third kappa shape index (κ3) is 3.19. The summed E-state index contributed by atoms with van der Waals surface area (Å²) in [5.74, 6) is 0.320. The van der Waals surface area contributed by atoms with Gasteiger partial charge in [0.05, 0.1) is 5.60 Å². The first-order valence-corrected chi connectivity index (χ1v) is 6.88. The molecule has 2 fully saturated rings. The van der Waals surface area contributed by atoms with Crippen LogP contribution in [0.5, 0.6) is 0 Å². The average molecular weight is 241 g/mol. The second-order valence-electron chi connectivity index (χ2n) is 6.15. The van der Waals surface area contributed by atoms with E-state index in [1.54, 1.807) is 0 Å². The van der Waals surface area contributed by atoms with Crippen molar-refractivity contribution in [3.05, 3.63) is 0 Å². The second-order valence-corrected chi connectivity index (χ2v) is 6.15. The molecule has 2 rings (SSSR count). The quantitative estimate of drug-likeness (QED) is 0.726. The summed E-state index contributed by atoms with van der Waals surface area (Å²) in [6, 6.07) is 0.722. The third-order valence-corrected chi connectivity index (χ3v) is 4.39. The molecule has 1 atom stereocenters. The Bertz CT molecular complexity index is 243. The zero-order valence-electron chi connectivity index (χ0n) is 11.4. The lowest BCUT2D eigenvalue weighted by Gasteiger charge is -2.49. The van der Waals surface area contributed by atoms with E-state index >= 15 is 0 Å². The van der Waals surface area contributed by atoms with E-state index in [0.29, 0.717) is 5.92 Å².